The largest absolute Gasteiger partial charge is 0.396 e. The summed E-state index contributed by atoms with van der Waals surface area (Å²) in [5.74, 6) is 2.59. The Labute approximate surface area is 210 Å². The fourth-order valence-corrected chi connectivity index (χ4v) is 6.36. The number of rotatable bonds is 10. The third-order valence-electron chi connectivity index (χ3n) is 6.57. The molecule has 11 nitrogen and oxygen atoms in total. The average molecular weight is 527 g/mol. The van der Waals surface area contributed by atoms with Crippen LogP contribution in [0.1, 0.15) is 38.1 Å². The SMILES string of the molecule is O=c1ccn([C@H]2C[C@H](CS)[C@@H](CCSC[C@H]3C[C@H](n4ccc(=O)[nH]c4=O)O[C@@H]3CCO)O2)c(=O)[nH]1. The van der Waals surface area contributed by atoms with Crippen LogP contribution in [0.3, 0.4) is 0 Å². The molecule has 13 heteroatoms. The van der Waals surface area contributed by atoms with Crippen LogP contribution < -0.4 is 22.5 Å². The lowest BCUT2D eigenvalue weighted by atomic mass is 10.0. The van der Waals surface area contributed by atoms with Gasteiger partial charge in [0.2, 0.25) is 0 Å². The summed E-state index contributed by atoms with van der Waals surface area (Å²) >= 11 is 6.22. The topological polar surface area (TPSA) is 148 Å². The Morgan fingerprint density at radius 1 is 0.914 bits per heavy atom. The number of ether oxygens (including phenoxy) is 2. The van der Waals surface area contributed by atoms with Crippen LogP contribution in [0.5, 0.6) is 0 Å². The molecule has 3 N–H and O–H groups in total. The van der Waals surface area contributed by atoms with Gasteiger partial charge in [0, 0.05) is 31.1 Å². The van der Waals surface area contributed by atoms with Crippen LogP contribution in [-0.4, -0.2) is 60.3 Å². The van der Waals surface area contributed by atoms with Crippen molar-refractivity contribution in [3.8, 4) is 0 Å². The average Bonchev–Trinajstić information content (AvgIpc) is 3.41. The van der Waals surface area contributed by atoms with E-state index in [-0.39, 0.29) is 30.7 Å². The first-order chi connectivity index (χ1) is 16.9. The van der Waals surface area contributed by atoms with Crippen molar-refractivity contribution >= 4 is 24.4 Å². The number of aliphatic hydroxyl groups is 1. The molecule has 192 valence electrons. The normalized spacial score (nSPS) is 28.5. The van der Waals surface area contributed by atoms with Crippen molar-refractivity contribution in [1.29, 1.82) is 0 Å². The number of aromatic amines is 2. The van der Waals surface area contributed by atoms with E-state index in [0.29, 0.717) is 25.0 Å². The zero-order valence-corrected chi connectivity index (χ0v) is 20.8. The van der Waals surface area contributed by atoms with Gasteiger partial charge >= 0.3 is 11.4 Å². The Morgan fingerprint density at radius 2 is 1.46 bits per heavy atom. The zero-order valence-electron chi connectivity index (χ0n) is 19.1. The van der Waals surface area contributed by atoms with Gasteiger partial charge in [-0.05, 0) is 54.8 Å². The summed E-state index contributed by atoms with van der Waals surface area (Å²) in [7, 11) is 0. The van der Waals surface area contributed by atoms with Gasteiger partial charge < -0.3 is 14.6 Å². The fourth-order valence-electron chi connectivity index (χ4n) is 4.76. The quantitative estimate of drug-likeness (QED) is 0.256. The molecule has 2 saturated heterocycles. The molecule has 2 aromatic rings. The molecule has 2 aliphatic rings. The van der Waals surface area contributed by atoms with Gasteiger partial charge in [0.25, 0.3) is 11.1 Å². The van der Waals surface area contributed by atoms with E-state index in [1.807, 2.05) is 0 Å². The Balaban J connectivity index is 1.31. The smallest absolute Gasteiger partial charge is 0.330 e. The van der Waals surface area contributed by atoms with Crippen LogP contribution in [-0.2, 0) is 9.47 Å². The number of aromatic nitrogens is 4. The number of nitrogens with one attached hydrogen (secondary N) is 2. The second-order valence-corrected chi connectivity index (χ2v) is 10.4. The van der Waals surface area contributed by atoms with Crippen molar-refractivity contribution in [2.45, 2.75) is 50.3 Å². The van der Waals surface area contributed by atoms with Gasteiger partial charge in [-0.2, -0.15) is 24.4 Å². The minimum Gasteiger partial charge on any atom is -0.396 e. The molecular weight excluding hydrogens is 496 g/mol. The molecular formula is C22H30N4O7S2. The molecule has 0 radical (unpaired) electrons. The first kappa shape index (κ1) is 26.0. The van der Waals surface area contributed by atoms with Crippen molar-refractivity contribution in [1.82, 2.24) is 19.1 Å². The van der Waals surface area contributed by atoms with Gasteiger partial charge in [-0.15, -0.1) is 0 Å². The third-order valence-corrected chi connectivity index (χ3v) is 8.23. The predicted molar refractivity (Wildman–Crippen MR) is 134 cm³/mol. The third kappa shape index (κ3) is 6.20. The Kier molecular flexibility index (Phi) is 8.76. The number of H-pyrrole nitrogens is 2. The molecule has 2 aliphatic heterocycles. The summed E-state index contributed by atoms with van der Waals surface area (Å²) in [5.41, 5.74) is -1.88. The number of thioether (sulfide) groups is 1. The van der Waals surface area contributed by atoms with Crippen molar-refractivity contribution in [2.75, 3.05) is 23.9 Å². The molecule has 0 bridgehead atoms. The highest BCUT2D eigenvalue weighted by Crippen LogP contribution is 2.38. The lowest BCUT2D eigenvalue weighted by molar-refractivity contribution is -0.0159. The van der Waals surface area contributed by atoms with Gasteiger partial charge in [0.15, 0.2) is 0 Å². The standard InChI is InChI=1S/C22H30N4O7S2/c27-7-3-15-14(10-20(32-15)26-6-2-18(29)24-22(26)31)12-35-8-4-16-13(11-34)9-19(33-16)25-5-1-17(28)23-21(25)30/h1-2,5-6,13-16,19-20,27,34H,3-4,7-12H2,(H,23,28,30)(H,24,29,31)/t13-,14-,15-,16-,19-,20-/m1/s1. The van der Waals surface area contributed by atoms with Crippen molar-refractivity contribution in [3.05, 3.63) is 66.2 Å². The van der Waals surface area contributed by atoms with Gasteiger partial charge in [0.05, 0.1) is 12.2 Å². The second-order valence-electron chi connectivity index (χ2n) is 8.84. The summed E-state index contributed by atoms with van der Waals surface area (Å²) < 4.78 is 15.0. The van der Waals surface area contributed by atoms with Crippen molar-refractivity contribution < 1.29 is 14.6 Å². The lowest BCUT2D eigenvalue weighted by Crippen LogP contribution is -2.31. The van der Waals surface area contributed by atoms with E-state index in [4.69, 9.17) is 9.47 Å². The maximum absolute atomic E-state index is 12.1. The monoisotopic (exact) mass is 526 g/mol. The van der Waals surface area contributed by atoms with Crippen molar-refractivity contribution in [2.24, 2.45) is 11.8 Å². The molecule has 0 saturated carbocycles. The number of hydrogen-bond donors (Lipinski definition) is 4. The first-order valence-electron chi connectivity index (χ1n) is 11.6. The van der Waals surface area contributed by atoms with Crippen LogP contribution in [0.25, 0.3) is 0 Å². The maximum Gasteiger partial charge on any atom is 0.330 e. The molecule has 0 spiro atoms. The Hall–Kier alpha value is -2.06. The van der Waals surface area contributed by atoms with E-state index in [0.717, 1.165) is 17.9 Å². The molecule has 35 heavy (non-hydrogen) atoms. The molecule has 0 aromatic carbocycles. The number of nitrogens with zero attached hydrogens (tertiary/aromatic N) is 2. The van der Waals surface area contributed by atoms with E-state index in [1.165, 1.54) is 33.7 Å². The van der Waals surface area contributed by atoms with Crippen LogP contribution in [0.4, 0.5) is 0 Å². The lowest BCUT2D eigenvalue weighted by Gasteiger charge is -2.19. The van der Waals surface area contributed by atoms with Gasteiger partial charge in [-0.3, -0.25) is 28.7 Å². The van der Waals surface area contributed by atoms with Crippen LogP contribution in [0, 0.1) is 11.8 Å². The number of hydrogen-bond acceptors (Lipinski definition) is 9. The van der Waals surface area contributed by atoms with E-state index in [9.17, 15) is 24.3 Å². The van der Waals surface area contributed by atoms with E-state index in [2.05, 4.69) is 22.6 Å². The Bertz CT molecular complexity index is 1230. The molecule has 6 atom stereocenters. The molecule has 2 aromatic heterocycles. The molecule has 4 rings (SSSR count). The highest BCUT2D eigenvalue weighted by Gasteiger charge is 2.37. The minimum absolute atomic E-state index is 0.00980. The molecule has 0 unspecified atom stereocenters. The van der Waals surface area contributed by atoms with Gasteiger partial charge in [-0.25, -0.2) is 9.59 Å². The van der Waals surface area contributed by atoms with Crippen LogP contribution >= 0.6 is 24.4 Å². The van der Waals surface area contributed by atoms with E-state index in [1.54, 1.807) is 11.8 Å². The van der Waals surface area contributed by atoms with Crippen LogP contribution in [0.2, 0.25) is 0 Å². The molecule has 0 amide bonds. The summed E-state index contributed by atoms with van der Waals surface area (Å²) in [5, 5.41) is 9.45. The molecule has 0 aliphatic carbocycles. The fraction of sp³-hybridized carbons (Fsp3) is 0.636. The second kappa shape index (κ2) is 11.8. The minimum atomic E-state index is -0.508. The number of thiol groups is 1. The summed E-state index contributed by atoms with van der Waals surface area (Å²) in [4.78, 5) is 51.5. The maximum atomic E-state index is 12.1. The zero-order chi connectivity index (χ0) is 24.9. The van der Waals surface area contributed by atoms with Gasteiger partial charge in [0.1, 0.15) is 12.5 Å². The summed E-state index contributed by atoms with van der Waals surface area (Å²) in [6.45, 7) is -0.00980. The summed E-state index contributed by atoms with van der Waals surface area (Å²) in [6, 6.07) is 2.60. The van der Waals surface area contributed by atoms with Crippen molar-refractivity contribution in [3.63, 3.8) is 0 Å². The highest BCUT2D eigenvalue weighted by atomic mass is 32.2. The van der Waals surface area contributed by atoms with Gasteiger partial charge in [-0.1, -0.05) is 0 Å². The summed E-state index contributed by atoms with van der Waals surface area (Å²) in [6.07, 6.45) is 4.28. The first-order valence-corrected chi connectivity index (χ1v) is 13.4. The molecule has 4 heterocycles. The Morgan fingerprint density at radius 3 is 1.97 bits per heavy atom. The van der Waals surface area contributed by atoms with E-state index < -0.39 is 35.0 Å². The predicted octanol–water partition coefficient (Wildman–Crippen LogP) is 0.330. The van der Waals surface area contributed by atoms with E-state index >= 15 is 0 Å². The molecule has 2 fully saturated rings. The number of aliphatic hydroxyl groups excluding tert-OH is 1. The highest BCUT2D eigenvalue weighted by molar-refractivity contribution is 7.99. The van der Waals surface area contributed by atoms with Crippen LogP contribution in [0.15, 0.2) is 43.7 Å².